The van der Waals surface area contributed by atoms with Crippen molar-refractivity contribution in [1.82, 2.24) is 4.98 Å². The van der Waals surface area contributed by atoms with Gasteiger partial charge in [0.2, 0.25) is 0 Å². The summed E-state index contributed by atoms with van der Waals surface area (Å²) in [6, 6.07) is 9.52. The predicted octanol–water partition coefficient (Wildman–Crippen LogP) is 4.50. The monoisotopic (exact) mass is 287 g/mol. The van der Waals surface area contributed by atoms with Gasteiger partial charge in [0.15, 0.2) is 5.78 Å². The van der Waals surface area contributed by atoms with Gasteiger partial charge in [0.1, 0.15) is 5.82 Å². The summed E-state index contributed by atoms with van der Waals surface area (Å²) < 4.78 is 13.1. The molecule has 100 valence electrons. The third-order valence-electron chi connectivity index (χ3n) is 3.32. The minimum Gasteiger partial charge on any atom is -0.360 e. The van der Waals surface area contributed by atoms with Gasteiger partial charge in [-0.3, -0.25) is 4.79 Å². The molecule has 0 saturated heterocycles. The first-order valence-corrected chi connectivity index (χ1v) is 6.51. The molecule has 0 saturated carbocycles. The highest BCUT2D eigenvalue weighted by Crippen LogP contribution is 2.24. The van der Waals surface area contributed by atoms with E-state index in [9.17, 15) is 9.18 Å². The summed E-state index contributed by atoms with van der Waals surface area (Å²) >= 11 is 6.05. The van der Waals surface area contributed by atoms with Gasteiger partial charge >= 0.3 is 0 Å². The zero-order valence-electron chi connectivity index (χ0n) is 10.7. The fourth-order valence-electron chi connectivity index (χ4n) is 2.18. The second-order valence-electron chi connectivity index (χ2n) is 4.69. The van der Waals surface area contributed by atoms with Crippen molar-refractivity contribution in [2.75, 3.05) is 0 Å². The molecule has 4 heteroatoms. The average Bonchev–Trinajstić information content (AvgIpc) is 2.84. The van der Waals surface area contributed by atoms with Gasteiger partial charge < -0.3 is 4.98 Å². The topological polar surface area (TPSA) is 32.9 Å². The molecule has 0 radical (unpaired) electrons. The summed E-state index contributed by atoms with van der Waals surface area (Å²) in [4.78, 5) is 15.4. The number of carbonyl (C=O) groups is 1. The van der Waals surface area contributed by atoms with Crippen LogP contribution in [0.5, 0.6) is 0 Å². The molecule has 3 aromatic rings. The second kappa shape index (κ2) is 4.76. The molecule has 0 fully saturated rings. The zero-order valence-corrected chi connectivity index (χ0v) is 11.5. The van der Waals surface area contributed by atoms with E-state index in [4.69, 9.17) is 11.6 Å². The lowest BCUT2D eigenvalue weighted by molar-refractivity contribution is 0.104. The van der Waals surface area contributed by atoms with Crippen LogP contribution in [0.15, 0.2) is 42.6 Å². The van der Waals surface area contributed by atoms with E-state index in [-0.39, 0.29) is 11.6 Å². The SMILES string of the molecule is Cc1ccc(C(=O)c2c[nH]c3cc(F)ccc23)cc1Cl. The lowest BCUT2D eigenvalue weighted by atomic mass is 10.0. The Kier molecular flexibility index (Phi) is 3.07. The van der Waals surface area contributed by atoms with Crippen molar-refractivity contribution in [1.29, 1.82) is 0 Å². The largest absolute Gasteiger partial charge is 0.360 e. The van der Waals surface area contributed by atoms with E-state index in [1.165, 1.54) is 12.1 Å². The van der Waals surface area contributed by atoms with Gasteiger partial charge in [-0.1, -0.05) is 23.7 Å². The van der Waals surface area contributed by atoms with Gasteiger partial charge in [0, 0.05) is 33.2 Å². The number of aromatic nitrogens is 1. The van der Waals surface area contributed by atoms with Gasteiger partial charge in [0.05, 0.1) is 0 Å². The molecule has 0 aliphatic heterocycles. The van der Waals surface area contributed by atoms with E-state index in [0.29, 0.717) is 27.1 Å². The Labute approximate surface area is 120 Å². The average molecular weight is 288 g/mol. The third kappa shape index (κ3) is 2.10. The molecule has 1 heterocycles. The molecule has 0 spiro atoms. The number of halogens is 2. The molecule has 2 aromatic carbocycles. The van der Waals surface area contributed by atoms with Gasteiger partial charge in [-0.2, -0.15) is 0 Å². The second-order valence-corrected chi connectivity index (χ2v) is 5.09. The molecule has 0 aliphatic carbocycles. The van der Waals surface area contributed by atoms with Crippen molar-refractivity contribution in [3.63, 3.8) is 0 Å². The molecule has 20 heavy (non-hydrogen) atoms. The van der Waals surface area contributed by atoms with Crippen LogP contribution in [-0.2, 0) is 0 Å². The van der Waals surface area contributed by atoms with Crippen molar-refractivity contribution in [3.05, 3.63) is 70.1 Å². The number of fused-ring (bicyclic) bond motifs is 1. The van der Waals surface area contributed by atoms with E-state index < -0.39 is 0 Å². The van der Waals surface area contributed by atoms with Crippen LogP contribution in [0.1, 0.15) is 21.5 Å². The van der Waals surface area contributed by atoms with Crippen LogP contribution in [0.4, 0.5) is 4.39 Å². The Bertz CT molecular complexity index is 822. The molecular formula is C16H11ClFNO. The fraction of sp³-hybridized carbons (Fsp3) is 0.0625. The van der Waals surface area contributed by atoms with Crippen LogP contribution in [0.3, 0.4) is 0 Å². The summed E-state index contributed by atoms with van der Waals surface area (Å²) in [5, 5.41) is 1.26. The first kappa shape index (κ1) is 12.9. The van der Waals surface area contributed by atoms with Crippen LogP contribution in [0.25, 0.3) is 10.9 Å². The number of rotatable bonds is 2. The first-order valence-electron chi connectivity index (χ1n) is 6.14. The Morgan fingerprint density at radius 3 is 2.75 bits per heavy atom. The van der Waals surface area contributed by atoms with Crippen LogP contribution < -0.4 is 0 Å². The maximum Gasteiger partial charge on any atom is 0.195 e. The number of H-pyrrole nitrogens is 1. The quantitative estimate of drug-likeness (QED) is 0.692. The first-order chi connectivity index (χ1) is 9.56. The summed E-state index contributed by atoms with van der Waals surface area (Å²) in [5.41, 5.74) is 2.56. The molecule has 0 atom stereocenters. The molecule has 3 rings (SSSR count). The minimum absolute atomic E-state index is 0.134. The number of nitrogens with one attached hydrogen (secondary N) is 1. The van der Waals surface area contributed by atoms with E-state index in [1.54, 1.807) is 24.4 Å². The van der Waals surface area contributed by atoms with Crippen LogP contribution in [-0.4, -0.2) is 10.8 Å². The van der Waals surface area contributed by atoms with Gasteiger partial charge in [-0.25, -0.2) is 4.39 Å². The Morgan fingerprint density at radius 1 is 1.20 bits per heavy atom. The number of ketones is 1. The van der Waals surface area contributed by atoms with Crippen LogP contribution >= 0.6 is 11.6 Å². The molecule has 1 aromatic heterocycles. The maximum absolute atomic E-state index is 13.1. The lowest BCUT2D eigenvalue weighted by Crippen LogP contribution is -2.00. The van der Waals surface area contributed by atoms with Crippen LogP contribution in [0.2, 0.25) is 5.02 Å². The van der Waals surface area contributed by atoms with Crippen molar-refractivity contribution < 1.29 is 9.18 Å². The van der Waals surface area contributed by atoms with Gasteiger partial charge in [-0.05, 0) is 36.8 Å². The Morgan fingerprint density at radius 2 is 2.00 bits per heavy atom. The number of hydrogen-bond donors (Lipinski definition) is 1. The third-order valence-corrected chi connectivity index (χ3v) is 3.73. The van der Waals surface area contributed by atoms with Crippen molar-refractivity contribution in [2.45, 2.75) is 6.92 Å². The summed E-state index contributed by atoms with van der Waals surface area (Å²) in [5.74, 6) is -0.471. The summed E-state index contributed by atoms with van der Waals surface area (Å²) in [7, 11) is 0. The molecule has 1 N–H and O–H groups in total. The number of benzene rings is 2. The Hall–Kier alpha value is -2.13. The van der Waals surface area contributed by atoms with Crippen molar-refractivity contribution >= 4 is 28.3 Å². The number of aryl methyl sites for hydroxylation is 1. The normalized spacial score (nSPS) is 10.9. The highest BCUT2D eigenvalue weighted by atomic mass is 35.5. The molecule has 0 unspecified atom stereocenters. The van der Waals surface area contributed by atoms with Crippen molar-refractivity contribution in [2.24, 2.45) is 0 Å². The number of aromatic amines is 1. The standard InChI is InChI=1S/C16H11ClFNO/c1-9-2-3-10(6-14(9)17)16(20)13-8-19-15-7-11(18)4-5-12(13)15/h2-8,19H,1H3. The minimum atomic E-state index is -0.336. The fourth-order valence-corrected chi connectivity index (χ4v) is 2.36. The molecular weight excluding hydrogens is 277 g/mol. The number of carbonyl (C=O) groups excluding carboxylic acids is 1. The highest BCUT2D eigenvalue weighted by molar-refractivity contribution is 6.32. The van der Waals surface area contributed by atoms with E-state index in [1.807, 2.05) is 13.0 Å². The smallest absolute Gasteiger partial charge is 0.195 e. The lowest BCUT2D eigenvalue weighted by Gasteiger charge is -2.03. The van der Waals surface area contributed by atoms with Crippen LogP contribution in [0, 0.1) is 12.7 Å². The van der Waals surface area contributed by atoms with E-state index >= 15 is 0 Å². The van der Waals surface area contributed by atoms with Gasteiger partial charge in [-0.15, -0.1) is 0 Å². The van der Waals surface area contributed by atoms with Gasteiger partial charge in [0.25, 0.3) is 0 Å². The summed E-state index contributed by atoms with van der Waals surface area (Å²) in [6.45, 7) is 1.88. The number of hydrogen-bond acceptors (Lipinski definition) is 1. The highest BCUT2D eigenvalue weighted by Gasteiger charge is 2.15. The zero-order chi connectivity index (χ0) is 14.3. The van der Waals surface area contributed by atoms with E-state index in [0.717, 1.165) is 5.56 Å². The van der Waals surface area contributed by atoms with Crippen molar-refractivity contribution in [3.8, 4) is 0 Å². The summed E-state index contributed by atoms with van der Waals surface area (Å²) in [6.07, 6.45) is 1.60. The molecule has 0 bridgehead atoms. The molecule has 2 nitrogen and oxygen atoms in total. The maximum atomic E-state index is 13.1. The predicted molar refractivity (Wildman–Crippen MR) is 77.9 cm³/mol. The Balaban J connectivity index is 2.10. The van der Waals surface area contributed by atoms with E-state index in [2.05, 4.69) is 4.98 Å². The molecule has 0 aliphatic rings. The molecule has 0 amide bonds.